The summed E-state index contributed by atoms with van der Waals surface area (Å²) in [7, 11) is 0. The minimum atomic E-state index is 0.917. The van der Waals surface area contributed by atoms with Crippen molar-refractivity contribution in [2.45, 2.75) is 0 Å². The number of hydrogen-bond acceptors (Lipinski definition) is 2. The Balaban J connectivity index is 2.15. The molecule has 19 heavy (non-hydrogen) atoms. The normalized spacial score (nSPS) is 10.3. The summed E-state index contributed by atoms with van der Waals surface area (Å²) in [6.07, 6.45) is 0. The topological polar surface area (TPSA) is 0 Å². The first kappa shape index (κ1) is 12.3. The lowest BCUT2D eigenvalue weighted by atomic mass is 10.1. The van der Waals surface area contributed by atoms with Crippen molar-refractivity contribution in [3.63, 3.8) is 0 Å². The lowest BCUT2D eigenvalue weighted by Gasteiger charge is -2.05. The summed E-state index contributed by atoms with van der Waals surface area (Å²) in [5, 5.41) is 0. The standard InChI is InChI=1S/C17H12S2/c18-17-12-15(13-7-3-1-4-8-13)11-16(19-17)14-9-5-2-6-10-14/h1-12H. The Labute approximate surface area is 122 Å². The zero-order chi connectivity index (χ0) is 13.1. The van der Waals surface area contributed by atoms with Crippen LogP contribution in [-0.2, 0) is 0 Å². The molecule has 0 saturated carbocycles. The molecule has 3 rings (SSSR count). The van der Waals surface area contributed by atoms with Crippen molar-refractivity contribution in [1.82, 2.24) is 0 Å². The van der Waals surface area contributed by atoms with Gasteiger partial charge in [-0.05, 0) is 28.8 Å². The third kappa shape index (κ3) is 2.80. The van der Waals surface area contributed by atoms with E-state index in [1.54, 1.807) is 11.3 Å². The average Bonchev–Trinajstić information content (AvgIpc) is 2.48. The highest BCUT2D eigenvalue weighted by Gasteiger charge is 2.02. The smallest absolute Gasteiger partial charge is 0.0911 e. The molecule has 0 radical (unpaired) electrons. The maximum atomic E-state index is 5.41. The van der Waals surface area contributed by atoms with Crippen molar-refractivity contribution < 1.29 is 0 Å². The highest BCUT2D eigenvalue weighted by molar-refractivity contribution is 7.73. The molecule has 0 aliphatic heterocycles. The molecular weight excluding hydrogens is 268 g/mol. The lowest BCUT2D eigenvalue weighted by Crippen LogP contribution is -1.79. The molecular formula is C17H12S2. The van der Waals surface area contributed by atoms with Crippen LogP contribution in [0.4, 0.5) is 0 Å². The monoisotopic (exact) mass is 280 g/mol. The molecule has 2 heteroatoms. The molecule has 0 bridgehead atoms. The van der Waals surface area contributed by atoms with Gasteiger partial charge in [0.1, 0.15) is 0 Å². The van der Waals surface area contributed by atoms with Gasteiger partial charge in [-0.3, -0.25) is 0 Å². The van der Waals surface area contributed by atoms with Gasteiger partial charge in [0.2, 0.25) is 0 Å². The molecule has 0 N–H and O–H groups in total. The van der Waals surface area contributed by atoms with Crippen molar-refractivity contribution >= 4 is 23.6 Å². The second-order valence-corrected chi connectivity index (χ2v) is 6.04. The quantitative estimate of drug-likeness (QED) is 0.534. The fraction of sp³-hybridized carbons (Fsp3) is 0. The van der Waals surface area contributed by atoms with Crippen molar-refractivity contribution in [1.29, 1.82) is 0 Å². The summed E-state index contributed by atoms with van der Waals surface area (Å²) in [6.45, 7) is 0. The molecule has 2 aromatic carbocycles. The second kappa shape index (κ2) is 5.47. The van der Waals surface area contributed by atoms with E-state index >= 15 is 0 Å². The fourth-order valence-electron chi connectivity index (χ4n) is 2.02. The molecule has 92 valence electrons. The Kier molecular flexibility index (Phi) is 3.53. The zero-order valence-electron chi connectivity index (χ0n) is 10.2. The molecule has 1 heterocycles. The Morgan fingerprint density at radius 2 is 1.21 bits per heavy atom. The van der Waals surface area contributed by atoms with Crippen LogP contribution in [0.5, 0.6) is 0 Å². The van der Waals surface area contributed by atoms with Crippen LogP contribution < -0.4 is 0 Å². The van der Waals surface area contributed by atoms with Crippen LogP contribution in [0.1, 0.15) is 0 Å². The Morgan fingerprint density at radius 3 is 1.84 bits per heavy atom. The highest BCUT2D eigenvalue weighted by Crippen LogP contribution is 2.30. The van der Waals surface area contributed by atoms with E-state index in [-0.39, 0.29) is 0 Å². The molecule has 3 aromatic rings. The fourth-order valence-corrected chi connectivity index (χ4v) is 3.26. The molecule has 0 nitrogen and oxygen atoms in total. The van der Waals surface area contributed by atoms with Gasteiger partial charge in [0.15, 0.2) is 0 Å². The van der Waals surface area contributed by atoms with Crippen LogP contribution in [0, 0.1) is 3.82 Å². The van der Waals surface area contributed by atoms with E-state index in [2.05, 4.69) is 60.7 Å². The third-order valence-electron chi connectivity index (χ3n) is 2.94. The average molecular weight is 280 g/mol. The van der Waals surface area contributed by atoms with Crippen LogP contribution in [0.3, 0.4) is 0 Å². The summed E-state index contributed by atoms with van der Waals surface area (Å²) >= 11 is 7.06. The van der Waals surface area contributed by atoms with Gasteiger partial charge in [0, 0.05) is 4.88 Å². The van der Waals surface area contributed by atoms with Gasteiger partial charge in [0.05, 0.1) is 3.82 Å². The molecule has 0 aliphatic carbocycles. The van der Waals surface area contributed by atoms with Crippen LogP contribution in [0.15, 0.2) is 72.8 Å². The van der Waals surface area contributed by atoms with E-state index in [1.807, 2.05) is 12.1 Å². The number of rotatable bonds is 2. The van der Waals surface area contributed by atoms with Crippen LogP contribution >= 0.6 is 23.6 Å². The third-order valence-corrected chi connectivity index (χ3v) is 4.20. The van der Waals surface area contributed by atoms with Crippen LogP contribution in [0.2, 0.25) is 0 Å². The molecule has 0 atom stereocenters. The summed E-state index contributed by atoms with van der Waals surface area (Å²) in [5.74, 6) is 0. The number of benzene rings is 2. The summed E-state index contributed by atoms with van der Waals surface area (Å²) in [4.78, 5) is 1.21. The Bertz CT molecular complexity index is 667. The lowest BCUT2D eigenvalue weighted by molar-refractivity contribution is 1.63. The van der Waals surface area contributed by atoms with Gasteiger partial charge in [-0.25, -0.2) is 0 Å². The van der Waals surface area contributed by atoms with Crippen LogP contribution in [-0.4, -0.2) is 0 Å². The van der Waals surface area contributed by atoms with E-state index in [1.165, 1.54) is 21.6 Å². The van der Waals surface area contributed by atoms with Gasteiger partial charge >= 0.3 is 0 Å². The molecule has 0 fully saturated rings. The second-order valence-electron chi connectivity index (χ2n) is 4.26. The van der Waals surface area contributed by atoms with Gasteiger partial charge in [-0.1, -0.05) is 72.9 Å². The highest BCUT2D eigenvalue weighted by atomic mass is 32.1. The van der Waals surface area contributed by atoms with Gasteiger partial charge < -0.3 is 0 Å². The molecule has 1 aromatic heterocycles. The van der Waals surface area contributed by atoms with Crippen molar-refractivity contribution in [2.75, 3.05) is 0 Å². The minimum Gasteiger partial charge on any atom is -0.124 e. The molecule has 0 spiro atoms. The first-order chi connectivity index (χ1) is 9.33. The Hall–Kier alpha value is -1.77. The minimum absolute atomic E-state index is 0.917. The van der Waals surface area contributed by atoms with Crippen molar-refractivity contribution in [3.05, 3.63) is 76.6 Å². The molecule has 0 unspecified atom stereocenters. The van der Waals surface area contributed by atoms with E-state index in [4.69, 9.17) is 12.2 Å². The van der Waals surface area contributed by atoms with E-state index in [0.717, 1.165) is 3.82 Å². The largest absolute Gasteiger partial charge is 0.124 e. The predicted molar refractivity (Wildman–Crippen MR) is 86.0 cm³/mol. The molecule has 0 aliphatic rings. The maximum absolute atomic E-state index is 5.41. The van der Waals surface area contributed by atoms with Gasteiger partial charge in [-0.15, -0.1) is 11.3 Å². The maximum Gasteiger partial charge on any atom is 0.0911 e. The van der Waals surface area contributed by atoms with Gasteiger partial charge in [-0.2, -0.15) is 0 Å². The first-order valence-electron chi connectivity index (χ1n) is 6.09. The predicted octanol–water partition coefficient (Wildman–Crippen LogP) is 5.81. The van der Waals surface area contributed by atoms with E-state index in [9.17, 15) is 0 Å². The van der Waals surface area contributed by atoms with Crippen LogP contribution in [0.25, 0.3) is 21.6 Å². The molecule has 0 amide bonds. The zero-order valence-corrected chi connectivity index (χ0v) is 11.9. The molecule has 0 saturated heterocycles. The summed E-state index contributed by atoms with van der Waals surface area (Å²) < 4.78 is 0.917. The van der Waals surface area contributed by atoms with Crippen molar-refractivity contribution in [3.8, 4) is 21.6 Å². The van der Waals surface area contributed by atoms with Gasteiger partial charge in [0.25, 0.3) is 0 Å². The summed E-state index contributed by atoms with van der Waals surface area (Å²) in [5.41, 5.74) is 3.61. The number of hydrogen-bond donors (Lipinski definition) is 0. The van der Waals surface area contributed by atoms with E-state index in [0.29, 0.717) is 0 Å². The SMILES string of the molecule is S=c1cc(-c2ccccc2)cc(-c2ccccc2)s1. The van der Waals surface area contributed by atoms with Crippen molar-refractivity contribution in [2.24, 2.45) is 0 Å². The Morgan fingerprint density at radius 1 is 0.632 bits per heavy atom. The summed E-state index contributed by atoms with van der Waals surface area (Å²) in [6, 6.07) is 25.0. The van der Waals surface area contributed by atoms with E-state index < -0.39 is 0 Å². The first-order valence-corrected chi connectivity index (χ1v) is 7.31.